The van der Waals surface area contributed by atoms with E-state index < -0.39 is 5.97 Å². The van der Waals surface area contributed by atoms with Crippen molar-refractivity contribution in [1.82, 2.24) is 4.98 Å². The fraction of sp³-hybridized carbons (Fsp3) is 0.692. The highest BCUT2D eigenvalue weighted by Gasteiger charge is 2.28. The smallest absolute Gasteiger partial charge is 0.360 e. The minimum Gasteiger partial charge on any atom is -0.461 e. The Hall–Kier alpha value is -1.56. The first-order valence-corrected chi connectivity index (χ1v) is 6.76. The SMILES string of the molecule is CCOC(=O)c1coc(N(CCCO)C2CCC2)n1. The number of aliphatic hydroxyl groups excluding tert-OH is 1. The van der Waals surface area contributed by atoms with Gasteiger partial charge in [-0.1, -0.05) is 0 Å². The molecule has 0 saturated heterocycles. The molecule has 0 aromatic carbocycles. The topological polar surface area (TPSA) is 75.8 Å². The van der Waals surface area contributed by atoms with Crippen LogP contribution in [0.3, 0.4) is 0 Å². The van der Waals surface area contributed by atoms with Crippen LogP contribution in [0.2, 0.25) is 0 Å². The summed E-state index contributed by atoms with van der Waals surface area (Å²) in [4.78, 5) is 17.8. The Balaban J connectivity index is 2.06. The Morgan fingerprint density at radius 2 is 2.42 bits per heavy atom. The molecule has 0 unspecified atom stereocenters. The van der Waals surface area contributed by atoms with E-state index in [9.17, 15) is 4.79 Å². The number of carbonyl (C=O) groups is 1. The Bertz CT molecular complexity index is 415. The molecule has 0 atom stereocenters. The number of oxazole rings is 1. The molecule has 1 aliphatic carbocycles. The van der Waals surface area contributed by atoms with E-state index in [1.54, 1.807) is 6.92 Å². The number of ether oxygens (including phenoxy) is 1. The van der Waals surface area contributed by atoms with Gasteiger partial charge in [0.1, 0.15) is 6.26 Å². The minimum atomic E-state index is -0.465. The summed E-state index contributed by atoms with van der Waals surface area (Å²) in [6, 6.07) is 0.849. The van der Waals surface area contributed by atoms with Crippen LogP contribution in [0.5, 0.6) is 0 Å². The fourth-order valence-electron chi connectivity index (χ4n) is 2.07. The van der Waals surface area contributed by atoms with E-state index in [-0.39, 0.29) is 12.3 Å². The fourth-order valence-corrected chi connectivity index (χ4v) is 2.07. The molecule has 0 spiro atoms. The third kappa shape index (κ3) is 3.26. The highest BCUT2D eigenvalue weighted by Crippen LogP contribution is 2.29. The second-order valence-corrected chi connectivity index (χ2v) is 4.59. The predicted molar refractivity (Wildman–Crippen MR) is 69.1 cm³/mol. The van der Waals surface area contributed by atoms with Crippen molar-refractivity contribution in [3.63, 3.8) is 0 Å². The minimum absolute atomic E-state index is 0.134. The van der Waals surface area contributed by atoms with E-state index in [0.29, 0.717) is 31.6 Å². The van der Waals surface area contributed by atoms with Gasteiger partial charge < -0.3 is 19.2 Å². The molecule has 6 nitrogen and oxygen atoms in total. The molecule has 0 aliphatic heterocycles. The first-order chi connectivity index (χ1) is 9.26. The molecule has 1 aromatic rings. The third-order valence-corrected chi connectivity index (χ3v) is 3.29. The molecule has 1 aromatic heterocycles. The molecule has 19 heavy (non-hydrogen) atoms. The Kier molecular flexibility index (Phi) is 4.79. The molecule has 106 valence electrons. The van der Waals surface area contributed by atoms with E-state index in [1.807, 2.05) is 4.90 Å². The highest BCUT2D eigenvalue weighted by atomic mass is 16.5. The van der Waals surface area contributed by atoms with Gasteiger partial charge in [0, 0.05) is 19.2 Å². The summed E-state index contributed by atoms with van der Waals surface area (Å²) in [5.41, 5.74) is 0.199. The summed E-state index contributed by atoms with van der Waals surface area (Å²) in [6.45, 7) is 2.89. The Morgan fingerprint density at radius 1 is 1.63 bits per heavy atom. The molecule has 6 heteroatoms. The van der Waals surface area contributed by atoms with Crippen LogP contribution in [-0.4, -0.2) is 41.9 Å². The van der Waals surface area contributed by atoms with E-state index in [4.69, 9.17) is 14.3 Å². The van der Waals surface area contributed by atoms with Crippen LogP contribution < -0.4 is 4.90 Å². The standard InChI is InChI=1S/C13H20N2O4/c1-2-18-12(17)11-9-19-13(14-11)15(7-4-8-16)10-5-3-6-10/h9-10,16H,2-8H2,1H3. The van der Waals surface area contributed by atoms with Crippen molar-refractivity contribution in [1.29, 1.82) is 0 Å². The van der Waals surface area contributed by atoms with Gasteiger partial charge in [0.15, 0.2) is 5.69 Å². The number of aliphatic hydroxyl groups is 1. The number of rotatable bonds is 7. The predicted octanol–water partition coefficient (Wildman–Crippen LogP) is 1.59. The Morgan fingerprint density at radius 3 is 3.00 bits per heavy atom. The average molecular weight is 268 g/mol. The number of nitrogens with zero attached hydrogens (tertiary/aromatic N) is 2. The van der Waals surface area contributed by atoms with Crippen molar-refractivity contribution in [3.8, 4) is 0 Å². The first kappa shape index (κ1) is 13.9. The molecule has 0 radical (unpaired) electrons. The van der Waals surface area contributed by atoms with Crippen LogP contribution in [0, 0.1) is 0 Å². The molecular weight excluding hydrogens is 248 g/mol. The lowest BCUT2D eigenvalue weighted by Gasteiger charge is -2.36. The molecule has 0 bridgehead atoms. The quantitative estimate of drug-likeness (QED) is 0.757. The molecule has 1 fully saturated rings. The van der Waals surface area contributed by atoms with Crippen LogP contribution in [-0.2, 0) is 4.74 Å². The monoisotopic (exact) mass is 268 g/mol. The Labute approximate surface area is 112 Å². The van der Waals surface area contributed by atoms with Crippen LogP contribution >= 0.6 is 0 Å². The maximum absolute atomic E-state index is 11.5. The van der Waals surface area contributed by atoms with Gasteiger partial charge in [-0.25, -0.2) is 4.79 Å². The van der Waals surface area contributed by atoms with Crippen molar-refractivity contribution in [3.05, 3.63) is 12.0 Å². The third-order valence-electron chi connectivity index (χ3n) is 3.29. The largest absolute Gasteiger partial charge is 0.461 e. The van der Waals surface area contributed by atoms with E-state index in [1.165, 1.54) is 12.7 Å². The molecule has 1 aliphatic rings. The van der Waals surface area contributed by atoms with Gasteiger partial charge in [-0.15, -0.1) is 0 Å². The molecule has 2 rings (SSSR count). The van der Waals surface area contributed by atoms with Crippen molar-refractivity contribution < 1.29 is 19.1 Å². The summed E-state index contributed by atoms with van der Waals surface area (Å²) >= 11 is 0. The maximum Gasteiger partial charge on any atom is 0.360 e. The number of esters is 1. The van der Waals surface area contributed by atoms with Crippen molar-refractivity contribution >= 4 is 12.0 Å². The normalized spacial score (nSPS) is 15.1. The van der Waals surface area contributed by atoms with Crippen LogP contribution in [0.25, 0.3) is 0 Å². The summed E-state index contributed by atoms with van der Waals surface area (Å²) in [6.07, 6.45) is 5.39. The molecule has 1 N–H and O–H groups in total. The summed E-state index contributed by atoms with van der Waals surface area (Å²) in [7, 11) is 0. The van der Waals surface area contributed by atoms with Crippen LogP contribution in [0.1, 0.15) is 43.1 Å². The second-order valence-electron chi connectivity index (χ2n) is 4.59. The first-order valence-electron chi connectivity index (χ1n) is 6.76. The van der Waals surface area contributed by atoms with Gasteiger partial charge in [-0.05, 0) is 32.6 Å². The van der Waals surface area contributed by atoms with Gasteiger partial charge in [-0.3, -0.25) is 0 Å². The summed E-state index contributed by atoms with van der Waals surface area (Å²) in [5, 5.41) is 8.95. The van der Waals surface area contributed by atoms with Gasteiger partial charge in [0.05, 0.1) is 6.61 Å². The zero-order valence-electron chi connectivity index (χ0n) is 11.2. The van der Waals surface area contributed by atoms with E-state index in [2.05, 4.69) is 4.98 Å². The van der Waals surface area contributed by atoms with Crippen molar-refractivity contribution in [2.75, 3.05) is 24.7 Å². The number of anilines is 1. The van der Waals surface area contributed by atoms with E-state index >= 15 is 0 Å². The zero-order valence-corrected chi connectivity index (χ0v) is 11.2. The summed E-state index contributed by atoms with van der Waals surface area (Å²) in [5.74, 6) is -0.465. The average Bonchev–Trinajstić information content (AvgIpc) is 2.81. The molecule has 1 heterocycles. The lowest BCUT2D eigenvalue weighted by Crippen LogP contribution is -2.41. The van der Waals surface area contributed by atoms with Crippen LogP contribution in [0.15, 0.2) is 10.7 Å². The van der Waals surface area contributed by atoms with Gasteiger partial charge >= 0.3 is 5.97 Å². The maximum atomic E-state index is 11.5. The van der Waals surface area contributed by atoms with Crippen molar-refractivity contribution in [2.45, 2.75) is 38.6 Å². The summed E-state index contributed by atoms with van der Waals surface area (Å²) < 4.78 is 10.3. The lowest BCUT2D eigenvalue weighted by atomic mass is 9.91. The van der Waals surface area contributed by atoms with Gasteiger partial charge in [0.2, 0.25) is 0 Å². The van der Waals surface area contributed by atoms with Gasteiger partial charge in [0.25, 0.3) is 6.01 Å². The van der Waals surface area contributed by atoms with Gasteiger partial charge in [-0.2, -0.15) is 4.98 Å². The molecule has 1 saturated carbocycles. The number of hydrogen-bond acceptors (Lipinski definition) is 6. The highest BCUT2D eigenvalue weighted by molar-refractivity contribution is 5.87. The number of hydrogen-bond donors (Lipinski definition) is 1. The number of aromatic nitrogens is 1. The van der Waals surface area contributed by atoms with Crippen LogP contribution in [0.4, 0.5) is 6.01 Å². The number of carbonyl (C=O) groups excluding carboxylic acids is 1. The van der Waals surface area contributed by atoms with Crippen molar-refractivity contribution in [2.24, 2.45) is 0 Å². The zero-order chi connectivity index (χ0) is 13.7. The van der Waals surface area contributed by atoms with E-state index in [0.717, 1.165) is 12.8 Å². The second kappa shape index (κ2) is 6.56. The molecular formula is C13H20N2O4. The lowest BCUT2D eigenvalue weighted by molar-refractivity contribution is 0.0519. The molecule has 0 amide bonds.